The van der Waals surface area contributed by atoms with Crippen molar-refractivity contribution in [1.82, 2.24) is 0 Å². The quantitative estimate of drug-likeness (QED) is 0.896. The molecular formula is C12H16BrClN2O. The third-order valence-corrected chi connectivity index (χ3v) is 2.95. The molecule has 17 heavy (non-hydrogen) atoms. The summed E-state index contributed by atoms with van der Waals surface area (Å²) in [7, 11) is 0. The zero-order chi connectivity index (χ0) is 12.3. The number of halogens is 2. The molecule has 0 saturated heterocycles. The van der Waals surface area contributed by atoms with Gasteiger partial charge in [0.25, 0.3) is 0 Å². The molecule has 1 aromatic carbocycles. The molecule has 0 fully saturated rings. The highest BCUT2D eigenvalue weighted by atomic mass is 79.9. The van der Waals surface area contributed by atoms with Crippen LogP contribution in [0, 0.1) is 17.2 Å². The Balaban J connectivity index is 0.00000256. The third kappa shape index (κ3) is 4.19. The van der Waals surface area contributed by atoms with Crippen LogP contribution in [-0.4, -0.2) is 5.11 Å². The highest BCUT2D eigenvalue weighted by molar-refractivity contribution is 9.10. The Labute approximate surface area is 116 Å². The predicted octanol–water partition coefficient (Wildman–Crippen LogP) is 3.49. The first-order valence-electron chi connectivity index (χ1n) is 5.13. The van der Waals surface area contributed by atoms with Gasteiger partial charge in [-0.2, -0.15) is 5.26 Å². The Hall–Kier alpha value is -0.760. The van der Waals surface area contributed by atoms with Crippen molar-refractivity contribution >= 4 is 28.3 Å². The van der Waals surface area contributed by atoms with Gasteiger partial charge in [0.1, 0.15) is 5.75 Å². The van der Waals surface area contributed by atoms with Crippen LogP contribution in [-0.2, 0) is 0 Å². The van der Waals surface area contributed by atoms with Gasteiger partial charge in [-0.1, -0.05) is 13.8 Å². The van der Waals surface area contributed by atoms with Crippen LogP contribution >= 0.6 is 28.3 Å². The molecule has 0 heterocycles. The van der Waals surface area contributed by atoms with E-state index in [0.29, 0.717) is 21.5 Å². The summed E-state index contributed by atoms with van der Waals surface area (Å²) in [6.07, 6.45) is 0.773. The number of phenols is 1. The average Bonchev–Trinajstić information content (AvgIpc) is 2.20. The van der Waals surface area contributed by atoms with Crippen LogP contribution in [0.25, 0.3) is 0 Å². The molecule has 0 spiro atoms. The maximum Gasteiger partial charge on any atom is 0.134 e. The number of rotatable bonds is 3. The largest absolute Gasteiger partial charge is 0.506 e. The number of benzene rings is 1. The van der Waals surface area contributed by atoms with Gasteiger partial charge in [-0.3, -0.25) is 0 Å². The fourth-order valence-electron chi connectivity index (χ4n) is 1.60. The molecule has 0 aliphatic carbocycles. The number of aromatic hydroxyl groups is 1. The van der Waals surface area contributed by atoms with Crippen LogP contribution in [0.1, 0.15) is 37.4 Å². The zero-order valence-corrected chi connectivity index (χ0v) is 12.2. The molecule has 0 unspecified atom stereocenters. The first kappa shape index (κ1) is 16.2. The molecule has 0 aromatic heterocycles. The summed E-state index contributed by atoms with van der Waals surface area (Å²) in [6, 6.07) is 5.03. The Morgan fingerprint density at radius 2 is 2.06 bits per heavy atom. The van der Waals surface area contributed by atoms with E-state index in [-0.39, 0.29) is 24.2 Å². The molecule has 94 valence electrons. The third-order valence-electron chi connectivity index (χ3n) is 2.35. The van der Waals surface area contributed by atoms with Gasteiger partial charge in [0.15, 0.2) is 0 Å². The van der Waals surface area contributed by atoms with Crippen molar-refractivity contribution < 1.29 is 5.11 Å². The van der Waals surface area contributed by atoms with E-state index in [2.05, 4.69) is 29.8 Å². The van der Waals surface area contributed by atoms with Crippen molar-refractivity contribution in [2.45, 2.75) is 26.3 Å². The van der Waals surface area contributed by atoms with Crippen LogP contribution in [0.15, 0.2) is 16.6 Å². The van der Waals surface area contributed by atoms with Crippen molar-refractivity contribution in [2.75, 3.05) is 0 Å². The van der Waals surface area contributed by atoms with E-state index in [1.807, 2.05) is 6.07 Å². The summed E-state index contributed by atoms with van der Waals surface area (Å²) >= 11 is 3.22. The monoisotopic (exact) mass is 318 g/mol. The fraction of sp³-hybridized carbons (Fsp3) is 0.417. The minimum Gasteiger partial charge on any atom is -0.506 e. The number of hydrogen-bond acceptors (Lipinski definition) is 3. The van der Waals surface area contributed by atoms with E-state index in [1.165, 1.54) is 0 Å². The van der Waals surface area contributed by atoms with E-state index < -0.39 is 0 Å². The molecule has 0 bridgehead atoms. The van der Waals surface area contributed by atoms with E-state index in [9.17, 15) is 5.11 Å². The summed E-state index contributed by atoms with van der Waals surface area (Å²) in [6.45, 7) is 4.14. The van der Waals surface area contributed by atoms with Gasteiger partial charge in [-0.25, -0.2) is 0 Å². The number of nitrogens with zero attached hydrogens (tertiary/aromatic N) is 1. The van der Waals surface area contributed by atoms with Gasteiger partial charge in [0.05, 0.1) is 16.1 Å². The first-order valence-corrected chi connectivity index (χ1v) is 5.93. The molecule has 0 saturated carbocycles. The normalized spacial score (nSPS) is 11.8. The van der Waals surface area contributed by atoms with E-state index in [0.717, 1.165) is 6.42 Å². The highest BCUT2D eigenvalue weighted by Gasteiger charge is 2.16. The van der Waals surface area contributed by atoms with Gasteiger partial charge in [0.2, 0.25) is 0 Å². The lowest BCUT2D eigenvalue weighted by Crippen LogP contribution is -2.13. The maximum atomic E-state index is 9.86. The second kappa shape index (κ2) is 6.85. The minimum atomic E-state index is -0.246. The van der Waals surface area contributed by atoms with Gasteiger partial charge < -0.3 is 10.8 Å². The lowest BCUT2D eigenvalue weighted by Gasteiger charge is -2.16. The molecule has 0 aliphatic rings. The van der Waals surface area contributed by atoms with Crippen molar-refractivity contribution in [3.63, 3.8) is 0 Å². The minimum absolute atomic E-state index is 0. The highest BCUT2D eigenvalue weighted by Crippen LogP contribution is 2.34. The Bertz CT molecular complexity index is 429. The van der Waals surface area contributed by atoms with E-state index in [1.54, 1.807) is 12.1 Å². The first-order chi connectivity index (χ1) is 7.45. The summed E-state index contributed by atoms with van der Waals surface area (Å²) in [5, 5.41) is 18.7. The lowest BCUT2D eigenvalue weighted by molar-refractivity contribution is 0.442. The SMILES string of the molecule is CC(C)C[C@H](N)c1cc(C#N)cc(Br)c1O.Cl. The molecule has 1 rings (SSSR count). The standard InChI is InChI=1S/C12H15BrN2O.ClH/c1-7(2)3-11(15)9-4-8(6-14)5-10(13)12(9)16;/h4-5,7,11,16H,3,15H2,1-2H3;1H/t11-;/m0./s1. The predicted molar refractivity (Wildman–Crippen MR) is 74.2 cm³/mol. The molecule has 3 N–H and O–H groups in total. The maximum absolute atomic E-state index is 9.86. The van der Waals surface area contributed by atoms with Crippen molar-refractivity contribution in [1.29, 1.82) is 5.26 Å². The zero-order valence-electron chi connectivity index (χ0n) is 9.77. The van der Waals surface area contributed by atoms with Crippen LogP contribution in [0.3, 0.4) is 0 Å². The molecule has 0 radical (unpaired) electrons. The van der Waals surface area contributed by atoms with Gasteiger partial charge in [0, 0.05) is 11.6 Å². The Kier molecular flexibility index (Phi) is 6.54. The van der Waals surface area contributed by atoms with Crippen molar-refractivity contribution in [3.8, 4) is 11.8 Å². The number of nitriles is 1. The number of phenolic OH excluding ortho intramolecular Hbond substituents is 1. The van der Waals surface area contributed by atoms with Gasteiger partial charge >= 0.3 is 0 Å². The smallest absolute Gasteiger partial charge is 0.134 e. The Morgan fingerprint density at radius 1 is 1.47 bits per heavy atom. The average molecular weight is 320 g/mol. The van der Waals surface area contributed by atoms with Crippen molar-refractivity contribution in [3.05, 3.63) is 27.7 Å². The Morgan fingerprint density at radius 3 is 2.53 bits per heavy atom. The molecular weight excluding hydrogens is 304 g/mol. The van der Waals surface area contributed by atoms with Crippen LogP contribution in [0.4, 0.5) is 0 Å². The summed E-state index contributed by atoms with van der Waals surface area (Å²) in [4.78, 5) is 0. The van der Waals surface area contributed by atoms with Gasteiger partial charge in [-0.15, -0.1) is 12.4 Å². The second-order valence-corrected chi connectivity index (χ2v) is 5.10. The molecule has 1 atom stereocenters. The van der Waals surface area contributed by atoms with Crippen LogP contribution in [0.2, 0.25) is 0 Å². The molecule has 3 nitrogen and oxygen atoms in total. The second-order valence-electron chi connectivity index (χ2n) is 4.24. The van der Waals surface area contributed by atoms with Crippen molar-refractivity contribution in [2.24, 2.45) is 11.7 Å². The fourth-order valence-corrected chi connectivity index (χ4v) is 2.08. The molecule has 0 aliphatic heterocycles. The van der Waals surface area contributed by atoms with E-state index in [4.69, 9.17) is 11.0 Å². The van der Waals surface area contributed by atoms with Crippen LogP contribution in [0.5, 0.6) is 5.75 Å². The summed E-state index contributed by atoms with van der Waals surface area (Å²) in [5.41, 5.74) is 7.12. The number of nitrogens with two attached hydrogens (primary N) is 1. The van der Waals surface area contributed by atoms with Crippen LogP contribution < -0.4 is 5.73 Å². The lowest BCUT2D eigenvalue weighted by atomic mass is 9.96. The summed E-state index contributed by atoms with van der Waals surface area (Å²) < 4.78 is 0.515. The topological polar surface area (TPSA) is 70.0 Å². The summed E-state index contributed by atoms with van der Waals surface area (Å²) in [5.74, 6) is 0.575. The molecule has 5 heteroatoms. The van der Waals surface area contributed by atoms with E-state index >= 15 is 0 Å². The molecule has 0 amide bonds. The number of hydrogen-bond donors (Lipinski definition) is 2. The van der Waals surface area contributed by atoms with Gasteiger partial charge in [-0.05, 0) is 40.4 Å². The molecule has 1 aromatic rings.